The average Bonchev–Trinajstić information content (AvgIpc) is 2.08. The van der Waals surface area contributed by atoms with Gasteiger partial charge in [0.2, 0.25) is 0 Å². The maximum absolute atomic E-state index is 13.2. The Bertz CT molecular complexity index is 294. The van der Waals surface area contributed by atoms with Crippen molar-refractivity contribution in [2.75, 3.05) is 0 Å². The number of hydrogen-bond acceptors (Lipinski definition) is 0. The molecule has 2 heteroatoms. The molecular formula is C10H9ClF. The zero-order valence-electron chi connectivity index (χ0n) is 6.56. The number of rotatable bonds is 2. The van der Waals surface area contributed by atoms with Crippen molar-refractivity contribution in [1.82, 2.24) is 0 Å². The highest BCUT2D eigenvalue weighted by molar-refractivity contribution is 6.30. The summed E-state index contributed by atoms with van der Waals surface area (Å²) < 4.78 is 13.2. The summed E-state index contributed by atoms with van der Waals surface area (Å²) in [5.74, 6) is -0.650. The topological polar surface area (TPSA) is 0 Å². The molecule has 1 unspecified atom stereocenters. The summed E-state index contributed by atoms with van der Waals surface area (Å²) in [5, 5.41) is 0.128. The van der Waals surface area contributed by atoms with Crippen molar-refractivity contribution in [3.8, 4) is 0 Å². The van der Waals surface area contributed by atoms with E-state index < -0.39 is 5.82 Å². The highest BCUT2D eigenvalue weighted by Crippen LogP contribution is 2.24. The van der Waals surface area contributed by atoms with Gasteiger partial charge in [-0.05, 0) is 18.6 Å². The summed E-state index contributed by atoms with van der Waals surface area (Å²) >= 11 is 5.58. The largest absolute Gasteiger partial charge is 0.205 e. The Morgan fingerprint density at radius 2 is 2.17 bits per heavy atom. The quantitative estimate of drug-likeness (QED) is 0.615. The maximum atomic E-state index is 13.2. The van der Waals surface area contributed by atoms with Gasteiger partial charge in [-0.2, -0.15) is 0 Å². The predicted molar refractivity (Wildman–Crippen MR) is 49.7 cm³/mol. The number of hydrogen-bond donors (Lipinski definition) is 0. The Morgan fingerprint density at radius 1 is 1.50 bits per heavy atom. The second kappa shape index (κ2) is 3.72. The fraction of sp³-hybridized carbons (Fsp3) is 0.100. The van der Waals surface area contributed by atoms with Gasteiger partial charge in [0, 0.05) is 5.92 Å². The lowest BCUT2D eigenvalue weighted by Gasteiger charge is -2.07. The van der Waals surface area contributed by atoms with E-state index in [1.54, 1.807) is 18.2 Å². The van der Waals surface area contributed by atoms with Gasteiger partial charge in [-0.25, -0.2) is 4.39 Å². The van der Waals surface area contributed by atoms with Crippen LogP contribution in [0.1, 0.15) is 11.5 Å². The van der Waals surface area contributed by atoms with Crippen LogP contribution in [-0.2, 0) is 0 Å². The molecule has 0 amide bonds. The van der Waals surface area contributed by atoms with Crippen LogP contribution in [0.25, 0.3) is 0 Å². The summed E-state index contributed by atoms with van der Waals surface area (Å²) in [5.41, 5.74) is 0.484. The van der Waals surface area contributed by atoms with Crippen molar-refractivity contribution in [1.29, 1.82) is 0 Å². The SMILES string of the molecule is [CH2]C(C=C)c1cccc(Cl)c1F. The molecule has 0 spiro atoms. The lowest BCUT2D eigenvalue weighted by Crippen LogP contribution is -1.94. The molecule has 1 rings (SSSR count). The van der Waals surface area contributed by atoms with Crippen LogP contribution in [0.15, 0.2) is 30.9 Å². The van der Waals surface area contributed by atoms with E-state index in [2.05, 4.69) is 13.5 Å². The minimum absolute atomic E-state index is 0.128. The Kier molecular flexibility index (Phi) is 2.88. The van der Waals surface area contributed by atoms with Crippen LogP contribution in [0.2, 0.25) is 5.02 Å². The molecule has 0 heterocycles. The molecule has 63 valence electrons. The monoisotopic (exact) mass is 183 g/mol. The fourth-order valence-corrected chi connectivity index (χ4v) is 1.12. The highest BCUT2D eigenvalue weighted by atomic mass is 35.5. The van der Waals surface area contributed by atoms with Gasteiger partial charge >= 0.3 is 0 Å². The molecule has 0 aromatic heterocycles. The zero-order chi connectivity index (χ0) is 9.14. The average molecular weight is 184 g/mol. The van der Waals surface area contributed by atoms with Crippen molar-refractivity contribution in [2.24, 2.45) is 0 Å². The first-order valence-electron chi connectivity index (χ1n) is 3.56. The second-order valence-corrected chi connectivity index (χ2v) is 2.89. The van der Waals surface area contributed by atoms with Crippen LogP contribution in [0, 0.1) is 12.7 Å². The molecule has 1 atom stereocenters. The van der Waals surface area contributed by atoms with E-state index in [1.165, 1.54) is 6.07 Å². The molecule has 0 fully saturated rings. The molecule has 0 N–H and O–H groups in total. The van der Waals surface area contributed by atoms with Gasteiger partial charge in [-0.1, -0.05) is 29.8 Å². The summed E-state index contributed by atoms with van der Waals surface area (Å²) in [4.78, 5) is 0. The first-order chi connectivity index (χ1) is 5.66. The van der Waals surface area contributed by atoms with E-state index in [0.717, 1.165) is 0 Å². The van der Waals surface area contributed by atoms with E-state index in [4.69, 9.17) is 11.6 Å². The van der Waals surface area contributed by atoms with E-state index in [9.17, 15) is 4.39 Å². The number of allylic oxidation sites excluding steroid dienone is 1. The minimum atomic E-state index is -0.404. The Hall–Kier alpha value is -0.820. The van der Waals surface area contributed by atoms with E-state index in [1.807, 2.05) is 0 Å². The van der Waals surface area contributed by atoms with Crippen molar-refractivity contribution in [3.05, 3.63) is 54.2 Å². The van der Waals surface area contributed by atoms with Gasteiger partial charge in [0.25, 0.3) is 0 Å². The van der Waals surface area contributed by atoms with Crippen molar-refractivity contribution in [2.45, 2.75) is 5.92 Å². The molecule has 0 saturated carbocycles. The molecule has 0 bridgehead atoms. The first-order valence-corrected chi connectivity index (χ1v) is 3.94. The van der Waals surface area contributed by atoms with Gasteiger partial charge in [-0.15, -0.1) is 6.58 Å². The maximum Gasteiger partial charge on any atom is 0.145 e. The summed E-state index contributed by atoms with van der Waals surface area (Å²) in [6.07, 6.45) is 1.58. The Labute approximate surface area is 76.7 Å². The van der Waals surface area contributed by atoms with Gasteiger partial charge in [-0.3, -0.25) is 0 Å². The Balaban J connectivity index is 3.15. The smallest absolute Gasteiger partial charge is 0.145 e. The molecule has 0 aliphatic heterocycles. The second-order valence-electron chi connectivity index (χ2n) is 2.49. The van der Waals surface area contributed by atoms with Gasteiger partial charge < -0.3 is 0 Å². The fourth-order valence-electron chi connectivity index (χ4n) is 0.934. The molecule has 0 saturated heterocycles. The normalized spacial score (nSPS) is 12.6. The molecule has 1 aromatic rings. The van der Waals surface area contributed by atoms with E-state index in [-0.39, 0.29) is 10.9 Å². The molecule has 1 aromatic carbocycles. The van der Waals surface area contributed by atoms with Gasteiger partial charge in [0.1, 0.15) is 5.82 Å². The van der Waals surface area contributed by atoms with Gasteiger partial charge in [0.15, 0.2) is 0 Å². The Morgan fingerprint density at radius 3 is 2.75 bits per heavy atom. The predicted octanol–water partition coefficient (Wildman–Crippen LogP) is 3.58. The van der Waals surface area contributed by atoms with Crippen molar-refractivity contribution in [3.63, 3.8) is 0 Å². The first kappa shape index (κ1) is 9.27. The van der Waals surface area contributed by atoms with E-state index >= 15 is 0 Å². The lowest BCUT2D eigenvalue weighted by molar-refractivity contribution is 0.610. The lowest BCUT2D eigenvalue weighted by atomic mass is 10.0. The van der Waals surface area contributed by atoms with Crippen molar-refractivity contribution < 1.29 is 4.39 Å². The molecule has 1 radical (unpaired) electrons. The summed E-state index contributed by atoms with van der Waals surface area (Å²) in [6.45, 7) is 7.25. The minimum Gasteiger partial charge on any atom is -0.205 e. The van der Waals surface area contributed by atoms with E-state index in [0.29, 0.717) is 5.56 Å². The third kappa shape index (κ3) is 1.67. The summed E-state index contributed by atoms with van der Waals surface area (Å²) in [6, 6.07) is 4.86. The van der Waals surface area contributed by atoms with Crippen LogP contribution in [0.3, 0.4) is 0 Å². The van der Waals surface area contributed by atoms with Crippen LogP contribution in [0.4, 0.5) is 4.39 Å². The van der Waals surface area contributed by atoms with Gasteiger partial charge in [0.05, 0.1) is 5.02 Å². The number of halogens is 2. The molecule has 0 aliphatic rings. The van der Waals surface area contributed by atoms with Crippen LogP contribution < -0.4 is 0 Å². The summed E-state index contributed by atoms with van der Waals surface area (Å²) in [7, 11) is 0. The molecule has 12 heavy (non-hydrogen) atoms. The molecule has 0 aliphatic carbocycles. The number of benzene rings is 1. The molecular weight excluding hydrogens is 175 g/mol. The third-order valence-electron chi connectivity index (χ3n) is 1.67. The van der Waals surface area contributed by atoms with Crippen LogP contribution in [-0.4, -0.2) is 0 Å². The zero-order valence-corrected chi connectivity index (χ0v) is 7.31. The van der Waals surface area contributed by atoms with Crippen LogP contribution >= 0.6 is 11.6 Å². The molecule has 0 nitrogen and oxygen atoms in total. The standard InChI is InChI=1S/C10H9ClF/c1-3-7(2)8-5-4-6-9(11)10(8)12/h3-7H,1-2H2. The highest BCUT2D eigenvalue weighted by Gasteiger charge is 2.09. The van der Waals surface area contributed by atoms with Crippen molar-refractivity contribution >= 4 is 11.6 Å². The van der Waals surface area contributed by atoms with Crippen LogP contribution in [0.5, 0.6) is 0 Å². The third-order valence-corrected chi connectivity index (χ3v) is 1.96.